The molecule has 6 heteroatoms. The molecule has 0 aromatic heterocycles. The van der Waals surface area contributed by atoms with Crippen molar-refractivity contribution in [2.75, 3.05) is 19.8 Å². The van der Waals surface area contributed by atoms with Crippen LogP contribution in [0.4, 0.5) is 0 Å². The Morgan fingerprint density at radius 1 is 0.893 bits per heavy atom. The van der Waals surface area contributed by atoms with Gasteiger partial charge in [-0.3, -0.25) is 0 Å². The monoisotopic (exact) mass is 413 g/mol. The lowest BCUT2D eigenvalue weighted by Crippen LogP contribution is -2.44. The second-order valence-corrected chi connectivity index (χ2v) is 10.3. The lowest BCUT2D eigenvalue weighted by atomic mass is 9.99. The highest BCUT2D eigenvalue weighted by atomic mass is 32.2. The first-order chi connectivity index (χ1) is 13.6. The second-order valence-electron chi connectivity index (χ2n) is 7.01. The number of rotatable bonds is 6. The Morgan fingerprint density at radius 3 is 2.36 bits per heavy atom. The zero-order valence-electron chi connectivity index (χ0n) is 15.5. The predicted octanol–water partition coefficient (Wildman–Crippen LogP) is 4.46. The van der Waals surface area contributed by atoms with E-state index in [2.05, 4.69) is 16.9 Å². The van der Waals surface area contributed by atoms with Gasteiger partial charge in [-0.25, -0.2) is 13.1 Å². The van der Waals surface area contributed by atoms with Gasteiger partial charge in [-0.05, 0) is 36.4 Å². The van der Waals surface area contributed by atoms with Crippen molar-refractivity contribution in [3.05, 3.63) is 72.8 Å². The van der Waals surface area contributed by atoms with Crippen molar-refractivity contribution < 1.29 is 13.2 Å². The molecule has 28 heavy (non-hydrogen) atoms. The standard InChI is InChI=1S/C22H23NO3S2/c24-28(25,21-12-6-8-18-7-4-5-11-20(18)21)23-17-22(13-15-26-16-14-22)27-19-9-2-1-3-10-19/h1-12,23H,13-17H2. The van der Waals surface area contributed by atoms with Gasteiger partial charge >= 0.3 is 0 Å². The molecular weight excluding hydrogens is 390 g/mol. The Hall–Kier alpha value is -1.86. The smallest absolute Gasteiger partial charge is 0.241 e. The Bertz CT molecular complexity index is 1040. The Balaban J connectivity index is 1.59. The fraction of sp³-hybridized carbons (Fsp3) is 0.273. The van der Waals surface area contributed by atoms with Crippen molar-refractivity contribution in [2.24, 2.45) is 0 Å². The fourth-order valence-corrected chi connectivity index (χ4v) is 6.29. The molecule has 0 spiro atoms. The maximum Gasteiger partial charge on any atom is 0.241 e. The van der Waals surface area contributed by atoms with Crippen LogP contribution in [-0.2, 0) is 14.8 Å². The van der Waals surface area contributed by atoms with Gasteiger partial charge in [0.25, 0.3) is 0 Å². The molecule has 0 unspecified atom stereocenters. The van der Waals surface area contributed by atoms with E-state index in [4.69, 9.17) is 4.74 Å². The van der Waals surface area contributed by atoms with Crippen molar-refractivity contribution in [3.8, 4) is 0 Å². The highest BCUT2D eigenvalue weighted by molar-refractivity contribution is 8.00. The van der Waals surface area contributed by atoms with Crippen molar-refractivity contribution in [2.45, 2.75) is 27.4 Å². The van der Waals surface area contributed by atoms with Gasteiger partial charge in [0.1, 0.15) is 0 Å². The molecule has 0 bridgehead atoms. The van der Waals surface area contributed by atoms with Crippen molar-refractivity contribution in [3.63, 3.8) is 0 Å². The molecule has 1 aliphatic rings. The van der Waals surface area contributed by atoms with E-state index >= 15 is 0 Å². The molecule has 0 atom stereocenters. The Morgan fingerprint density at radius 2 is 1.57 bits per heavy atom. The van der Waals surface area contributed by atoms with E-state index in [0.717, 1.165) is 28.5 Å². The summed E-state index contributed by atoms with van der Waals surface area (Å²) >= 11 is 1.74. The number of benzene rings is 3. The van der Waals surface area contributed by atoms with Crippen LogP contribution in [0.15, 0.2) is 82.6 Å². The summed E-state index contributed by atoms with van der Waals surface area (Å²) in [7, 11) is -3.62. The molecule has 0 saturated carbocycles. The molecule has 4 nitrogen and oxygen atoms in total. The lowest BCUT2D eigenvalue weighted by molar-refractivity contribution is 0.0784. The quantitative estimate of drug-likeness (QED) is 0.648. The van der Waals surface area contributed by atoms with Crippen LogP contribution in [0.2, 0.25) is 0 Å². The number of hydrogen-bond donors (Lipinski definition) is 1. The lowest BCUT2D eigenvalue weighted by Gasteiger charge is -2.36. The molecule has 4 rings (SSSR count). The topological polar surface area (TPSA) is 55.4 Å². The van der Waals surface area contributed by atoms with E-state index in [1.54, 1.807) is 23.9 Å². The van der Waals surface area contributed by atoms with Crippen molar-refractivity contribution >= 4 is 32.6 Å². The van der Waals surface area contributed by atoms with Gasteiger partial charge in [0, 0.05) is 34.8 Å². The van der Waals surface area contributed by atoms with Crippen LogP contribution in [0.5, 0.6) is 0 Å². The second kappa shape index (κ2) is 8.25. The molecule has 0 amide bonds. The zero-order valence-corrected chi connectivity index (χ0v) is 17.1. The fourth-order valence-electron chi connectivity index (χ4n) is 3.53. The maximum atomic E-state index is 13.1. The minimum Gasteiger partial charge on any atom is -0.381 e. The third-order valence-electron chi connectivity index (χ3n) is 5.11. The van der Waals surface area contributed by atoms with Gasteiger partial charge < -0.3 is 4.74 Å². The normalized spacial score (nSPS) is 16.9. The summed E-state index contributed by atoms with van der Waals surface area (Å²) in [5.74, 6) is 0. The van der Waals surface area contributed by atoms with Gasteiger partial charge in [-0.2, -0.15) is 0 Å². The van der Waals surface area contributed by atoms with Crippen molar-refractivity contribution in [1.29, 1.82) is 0 Å². The molecule has 3 aromatic rings. The summed E-state index contributed by atoms with van der Waals surface area (Å²) in [6.07, 6.45) is 1.62. The van der Waals surface area contributed by atoms with Crippen LogP contribution in [-0.4, -0.2) is 32.9 Å². The van der Waals surface area contributed by atoms with Gasteiger partial charge in [-0.1, -0.05) is 54.6 Å². The van der Waals surface area contributed by atoms with Gasteiger partial charge in [0.2, 0.25) is 10.0 Å². The highest BCUT2D eigenvalue weighted by Gasteiger charge is 2.35. The number of ether oxygens (including phenoxy) is 1. The first-order valence-corrected chi connectivity index (χ1v) is 11.7. The molecule has 146 valence electrons. The summed E-state index contributed by atoms with van der Waals surface area (Å²) < 4.78 is 34.5. The SMILES string of the molecule is O=S(=O)(NCC1(Sc2ccccc2)CCOCC1)c1cccc2ccccc12. The summed E-state index contributed by atoms with van der Waals surface area (Å²) in [6, 6.07) is 23.1. The first kappa shape index (κ1) is 19.5. The molecule has 0 aliphatic carbocycles. The van der Waals surface area contributed by atoms with Crippen LogP contribution >= 0.6 is 11.8 Å². The van der Waals surface area contributed by atoms with E-state index in [1.165, 1.54) is 0 Å². The van der Waals surface area contributed by atoms with Crippen LogP contribution in [0.3, 0.4) is 0 Å². The summed E-state index contributed by atoms with van der Waals surface area (Å²) in [4.78, 5) is 1.48. The van der Waals surface area contributed by atoms with Crippen LogP contribution in [0, 0.1) is 0 Å². The van der Waals surface area contributed by atoms with Crippen LogP contribution in [0.25, 0.3) is 10.8 Å². The highest BCUT2D eigenvalue weighted by Crippen LogP contribution is 2.40. The van der Waals surface area contributed by atoms with E-state index in [-0.39, 0.29) is 4.75 Å². The maximum absolute atomic E-state index is 13.1. The van der Waals surface area contributed by atoms with Crippen molar-refractivity contribution in [1.82, 2.24) is 4.72 Å². The predicted molar refractivity (Wildman–Crippen MR) is 114 cm³/mol. The average molecular weight is 414 g/mol. The van der Waals surface area contributed by atoms with E-state index < -0.39 is 10.0 Å². The number of hydrogen-bond acceptors (Lipinski definition) is 4. The number of sulfonamides is 1. The van der Waals surface area contributed by atoms with E-state index in [1.807, 2.05) is 48.5 Å². The Kier molecular flexibility index (Phi) is 5.73. The summed E-state index contributed by atoms with van der Waals surface area (Å²) in [5, 5.41) is 1.67. The van der Waals surface area contributed by atoms with Crippen LogP contribution < -0.4 is 4.72 Å². The number of thioether (sulfide) groups is 1. The molecule has 1 saturated heterocycles. The van der Waals surface area contributed by atoms with Gasteiger partial charge in [-0.15, -0.1) is 11.8 Å². The third-order valence-corrected chi connectivity index (χ3v) is 8.06. The molecular formula is C22H23NO3S2. The molecule has 0 radical (unpaired) electrons. The largest absolute Gasteiger partial charge is 0.381 e. The molecule has 3 aromatic carbocycles. The summed E-state index contributed by atoms with van der Waals surface area (Å²) in [5.41, 5.74) is 0. The van der Waals surface area contributed by atoms with Crippen LogP contribution in [0.1, 0.15) is 12.8 Å². The Labute approximate surface area is 170 Å². The molecule has 1 heterocycles. The minimum atomic E-state index is -3.62. The average Bonchev–Trinajstić information content (AvgIpc) is 2.73. The number of nitrogens with one attached hydrogen (secondary N) is 1. The summed E-state index contributed by atoms with van der Waals surface area (Å²) in [6.45, 7) is 1.67. The molecule has 1 fully saturated rings. The van der Waals surface area contributed by atoms with Gasteiger partial charge in [0.05, 0.1) is 4.90 Å². The molecule has 1 aliphatic heterocycles. The third kappa shape index (κ3) is 4.25. The van der Waals surface area contributed by atoms with E-state index in [9.17, 15) is 8.42 Å². The first-order valence-electron chi connectivity index (χ1n) is 9.37. The molecule has 1 N–H and O–H groups in total. The minimum absolute atomic E-state index is 0.211. The van der Waals surface area contributed by atoms with E-state index in [0.29, 0.717) is 24.7 Å². The zero-order chi connectivity index (χ0) is 19.5. The van der Waals surface area contributed by atoms with Gasteiger partial charge in [0.15, 0.2) is 0 Å². The number of fused-ring (bicyclic) bond motifs is 1.